The third-order valence-electron chi connectivity index (χ3n) is 3.60. The van der Waals surface area contributed by atoms with Crippen molar-refractivity contribution >= 4 is 51.6 Å². The summed E-state index contributed by atoms with van der Waals surface area (Å²) in [5.41, 5.74) is 2.41. The van der Waals surface area contributed by atoms with Crippen LogP contribution in [0.1, 0.15) is 15.9 Å². The van der Waals surface area contributed by atoms with Crippen LogP contribution in [0.15, 0.2) is 42.6 Å². The average molecular weight is 368 g/mol. The SMILES string of the molecule is O=C(NCCc1c[nH]c2ccc(Cl)cc12)c1c(Cl)cccc1Cl. The lowest BCUT2D eigenvalue weighted by Gasteiger charge is -2.08. The van der Waals surface area contributed by atoms with Gasteiger partial charge in [-0.15, -0.1) is 0 Å². The lowest BCUT2D eigenvalue weighted by molar-refractivity contribution is 0.0954. The van der Waals surface area contributed by atoms with Crippen LogP contribution in [0.3, 0.4) is 0 Å². The maximum atomic E-state index is 12.2. The molecule has 0 saturated carbocycles. The van der Waals surface area contributed by atoms with Gasteiger partial charge in [0.1, 0.15) is 0 Å². The van der Waals surface area contributed by atoms with Crippen molar-refractivity contribution in [2.24, 2.45) is 0 Å². The number of H-pyrrole nitrogens is 1. The van der Waals surface area contributed by atoms with Gasteiger partial charge in [0.2, 0.25) is 0 Å². The first-order chi connectivity index (χ1) is 11.1. The van der Waals surface area contributed by atoms with Gasteiger partial charge >= 0.3 is 0 Å². The Morgan fingerprint density at radius 2 is 1.83 bits per heavy atom. The van der Waals surface area contributed by atoms with E-state index in [-0.39, 0.29) is 5.91 Å². The number of aromatic amines is 1. The molecule has 0 fully saturated rings. The van der Waals surface area contributed by atoms with E-state index in [2.05, 4.69) is 10.3 Å². The molecule has 0 radical (unpaired) electrons. The van der Waals surface area contributed by atoms with Crippen molar-refractivity contribution in [2.75, 3.05) is 6.54 Å². The van der Waals surface area contributed by atoms with E-state index >= 15 is 0 Å². The number of hydrogen-bond acceptors (Lipinski definition) is 1. The minimum Gasteiger partial charge on any atom is -0.361 e. The third-order valence-corrected chi connectivity index (χ3v) is 4.46. The summed E-state index contributed by atoms with van der Waals surface area (Å²) in [7, 11) is 0. The largest absolute Gasteiger partial charge is 0.361 e. The predicted octanol–water partition coefficient (Wildman–Crippen LogP) is 5.10. The zero-order chi connectivity index (χ0) is 16.4. The van der Waals surface area contributed by atoms with Crippen LogP contribution in [0, 0.1) is 0 Å². The Balaban J connectivity index is 1.69. The molecule has 1 amide bonds. The molecule has 0 unspecified atom stereocenters. The van der Waals surface area contributed by atoms with Crippen molar-refractivity contribution < 1.29 is 4.79 Å². The molecule has 2 N–H and O–H groups in total. The van der Waals surface area contributed by atoms with Gasteiger partial charge in [-0.25, -0.2) is 0 Å². The van der Waals surface area contributed by atoms with Crippen LogP contribution in [0.4, 0.5) is 0 Å². The molecule has 0 saturated heterocycles. The zero-order valence-corrected chi connectivity index (χ0v) is 14.3. The summed E-state index contributed by atoms with van der Waals surface area (Å²) in [5, 5.41) is 5.27. The number of aromatic nitrogens is 1. The second kappa shape index (κ2) is 6.83. The first-order valence-electron chi connectivity index (χ1n) is 7.04. The van der Waals surface area contributed by atoms with Crippen LogP contribution in [-0.4, -0.2) is 17.4 Å². The lowest BCUT2D eigenvalue weighted by atomic mass is 10.1. The molecule has 0 atom stereocenters. The molecule has 3 nitrogen and oxygen atoms in total. The fraction of sp³-hybridized carbons (Fsp3) is 0.118. The third kappa shape index (κ3) is 3.47. The van der Waals surface area contributed by atoms with E-state index in [0.717, 1.165) is 16.5 Å². The highest BCUT2D eigenvalue weighted by atomic mass is 35.5. The number of benzene rings is 2. The average Bonchev–Trinajstić information content (AvgIpc) is 2.89. The first-order valence-corrected chi connectivity index (χ1v) is 8.17. The van der Waals surface area contributed by atoms with Crippen molar-refractivity contribution in [3.05, 3.63) is 68.8 Å². The number of hydrogen-bond donors (Lipinski definition) is 2. The quantitative estimate of drug-likeness (QED) is 0.662. The van der Waals surface area contributed by atoms with Gasteiger partial charge in [-0.05, 0) is 42.3 Å². The topological polar surface area (TPSA) is 44.9 Å². The molecule has 0 aliphatic rings. The van der Waals surface area contributed by atoms with Crippen molar-refractivity contribution in [1.29, 1.82) is 0 Å². The molecule has 0 bridgehead atoms. The van der Waals surface area contributed by atoms with Crippen LogP contribution in [0.5, 0.6) is 0 Å². The van der Waals surface area contributed by atoms with E-state index in [1.807, 2.05) is 24.4 Å². The summed E-state index contributed by atoms with van der Waals surface area (Å²) in [5.74, 6) is -0.279. The zero-order valence-electron chi connectivity index (χ0n) is 12.0. The summed E-state index contributed by atoms with van der Waals surface area (Å²) in [6, 6.07) is 10.7. The van der Waals surface area contributed by atoms with Crippen LogP contribution in [0.2, 0.25) is 15.1 Å². The molecule has 3 rings (SSSR count). The second-order valence-corrected chi connectivity index (χ2v) is 6.36. The molecule has 23 heavy (non-hydrogen) atoms. The molecule has 6 heteroatoms. The van der Waals surface area contributed by atoms with E-state index in [4.69, 9.17) is 34.8 Å². The van der Waals surface area contributed by atoms with Gasteiger partial charge in [0.25, 0.3) is 5.91 Å². The van der Waals surface area contributed by atoms with Gasteiger partial charge in [0.15, 0.2) is 0 Å². The van der Waals surface area contributed by atoms with Gasteiger partial charge < -0.3 is 10.3 Å². The normalized spacial score (nSPS) is 10.9. The molecule has 1 heterocycles. The highest BCUT2D eigenvalue weighted by Crippen LogP contribution is 2.24. The molecule has 1 aromatic heterocycles. The van der Waals surface area contributed by atoms with E-state index in [0.29, 0.717) is 33.6 Å². The molecule has 118 valence electrons. The van der Waals surface area contributed by atoms with Crippen molar-refractivity contribution in [3.8, 4) is 0 Å². The van der Waals surface area contributed by atoms with E-state index in [9.17, 15) is 4.79 Å². The highest BCUT2D eigenvalue weighted by molar-refractivity contribution is 6.39. The number of nitrogens with one attached hydrogen (secondary N) is 2. The van der Waals surface area contributed by atoms with Gasteiger partial charge in [0, 0.05) is 28.7 Å². The molecule has 0 aliphatic carbocycles. The Bertz CT molecular complexity index is 853. The highest BCUT2D eigenvalue weighted by Gasteiger charge is 2.14. The monoisotopic (exact) mass is 366 g/mol. The minimum atomic E-state index is -0.279. The Labute approximate surface area is 148 Å². The smallest absolute Gasteiger partial charge is 0.254 e. The van der Waals surface area contributed by atoms with Crippen LogP contribution in [-0.2, 0) is 6.42 Å². The fourth-order valence-electron chi connectivity index (χ4n) is 2.47. The minimum absolute atomic E-state index is 0.279. The summed E-state index contributed by atoms with van der Waals surface area (Å²) >= 11 is 18.1. The van der Waals surface area contributed by atoms with Crippen LogP contribution in [0.25, 0.3) is 10.9 Å². The second-order valence-electron chi connectivity index (χ2n) is 5.11. The van der Waals surface area contributed by atoms with Crippen molar-refractivity contribution in [1.82, 2.24) is 10.3 Å². The molecule has 2 aromatic carbocycles. The number of carbonyl (C=O) groups is 1. The van der Waals surface area contributed by atoms with Gasteiger partial charge in [-0.2, -0.15) is 0 Å². The standard InChI is InChI=1S/C17H13Cl3N2O/c18-11-4-5-15-12(8-11)10(9-22-15)6-7-21-17(23)16-13(19)2-1-3-14(16)20/h1-5,8-9,22H,6-7H2,(H,21,23). The first kappa shape index (κ1) is 16.2. The lowest BCUT2D eigenvalue weighted by Crippen LogP contribution is -2.26. The van der Waals surface area contributed by atoms with Gasteiger partial charge in [-0.3, -0.25) is 4.79 Å². The Kier molecular flexibility index (Phi) is 4.81. The Hall–Kier alpha value is -1.68. The number of fused-ring (bicyclic) bond motifs is 1. The number of rotatable bonds is 4. The predicted molar refractivity (Wildman–Crippen MR) is 95.8 cm³/mol. The maximum Gasteiger partial charge on any atom is 0.254 e. The van der Waals surface area contributed by atoms with E-state index in [1.54, 1.807) is 18.2 Å². The van der Waals surface area contributed by atoms with Crippen molar-refractivity contribution in [3.63, 3.8) is 0 Å². The van der Waals surface area contributed by atoms with Gasteiger partial charge in [-0.1, -0.05) is 40.9 Å². The van der Waals surface area contributed by atoms with Crippen LogP contribution < -0.4 is 5.32 Å². The molecular formula is C17H13Cl3N2O. The number of carbonyl (C=O) groups excluding carboxylic acids is 1. The fourth-order valence-corrected chi connectivity index (χ4v) is 3.21. The summed E-state index contributed by atoms with van der Waals surface area (Å²) in [6.07, 6.45) is 2.60. The summed E-state index contributed by atoms with van der Waals surface area (Å²) < 4.78 is 0. The Morgan fingerprint density at radius 1 is 1.09 bits per heavy atom. The molecule has 0 aliphatic heterocycles. The van der Waals surface area contributed by atoms with Crippen molar-refractivity contribution in [2.45, 2.75) is 6.42 Å². The molecular weight excluding hydrogens is 355 g/mol. The van der Waals surface area contributed by atoms with E-state index in [1.165, 1.54) is 0 Å². The summed E-state index contributed by atoms with van der Waals surface area (Å²) in [6.45, 7) is 0.472. The number of halogens is 3. The van der Waals surface area contributed by atoms with Gasteiger partial charge in [0.05, 0.1) is 15.6 Å². The Morgan fingerprint density at radius 3 is 2.57 bits per heavy atom. The maximum absolute atomic E-state index is 12.2. The number of amides is 1. The molecule has 0 spiro atoms. The van der Waals surface area contributed by atoms with E-state index < -0.39 is 0 Å². The van der Waals surface area contributed by atoms with Crippen LogP contribution >= 0.6 is 34.8 Å². The molecule has 3 aromatic rings. The summed E-state index contributed by atoms with van der Waals surface area (Å²) in [4.78, 5) is 15.4.